The van der Waals surface area contributed by atoms with Gasteiger partial charge in [0.25, 0.3) is 0 Å². The molecule has 0 aromatic heterocycles. The molecule has 3 aliphatic carbocycles. The zero-order valence-electron chi connectivity index (χ0n) is 17.0. The molecular formula is C23H31NO4S. The number of carbonyl (C=O) groups is 1. The Labute approximate surface area is 174 Å². The van der Waals surface area contributed by atoms with Crippen LogP contribution >= 0.6 is 0 Å². The average molecular weight is 418 g/mol. The highest BCUT2D eigenvalue weighted by atomic mass is 32.2. The molecule has 6 heteroatoms. The molecule has 4 atom stereocenters. The van der Waals surface area contributed by atoms with Crippen LogP contribution in [0.5, 0.6) is 0 Å². The Hall–Kier alpha value is -1.92. The van der Waals surface area contributed by atoms with Crippen LogP contribution in [-0.4, -0.2) is 25.5 Å². The average Bonchev–Trinajstić information content (AvgIpc) is 2.66. The first-order valence-corrected chi connectivity index (χ1v) is 12.0. The van der Waals surface area contributed by atoms with Crippen LogP contribution in [0.2, 0.25) is 0 Å². The molecule has 2 N–H and O–H groups in total. The molecule has 1 aromatic carbocycles. The van der Waals surface area contributed by atoms with Crippen molar-refractivity contribution in [3.05, 3.63) is 53.0 Å². The molecule has 5 nitrogen and oxygen atoms in total. The molecule has 3 fully saturated rings. The summed E-state index contributed by atoms with van der Waals surface area (Å²) in [6.45, 7) is 1.98. The second-order valence-electron chi connectivity index (χ2n) is 8.44. The van der Waals surface area contributed by atoms with Crippen LogP contribution in [-0.2, 0) is 14.8 Å². The zero-order chi connectivity index (χ0) is 20.9. The highest BCUT2D eigenvalue weighted by Crippen LogP contribution is 2.46. The second kappa shape index (κ2) is 9.72. The molecule has 0 amide bonds. The van der Waals surface area contributed by atoms with Gasteiger partial charge in [-0.25, -0.2) is 13.1 Å². The normalized spacial score (nSPS) is 27.1. The quantitative estimate of drug-likeness (QED) is 0.458. The lowest BCUT2D eigenvalue weighted by atomic mass is 9.62. The van der Waals surface area contributed by atoms with Gasteiger partial charge in [-0.1, -0.05) is 48.4 Å². The van der Waals surface area contributed by atoms with Crippen LogP contribution in [0.3, 0.4) is 0 Å². The van der Waals surface area contributed by atoms with Gasteiger partial charge in [-0.3, -0.25) is 4.79 Å². The van der Waals surface area contributed by atoms with Crippen molar-refractivity contribution in [2.24, 2.45) is 17.8 Å². The van der Waals surface area contributed by atoms with Gasteiger partial charge in [-0.05, 0) is 68.4 Å². The van der Waals surface area contributed by atoms with Crippen molar-refractivity contribution in [1.29, 1.82) is 0 Å². The Balaban J connectivity index is 1.59. The molecule has 2 bridgehead atoms. The number of hydrogen-bond donors (Lipinski definition) is 2. The summed E-state index contributed by atoms with van der Waals surface area (Å²) in [5.74, 6) is 0.490. The predicted octanol–water partition coefficient (Wildman–Crippen LogP) is 4.50. The number of allylic oxidation sites excluding steroid dienone is 2. The molecule has 4 unspecified atom stereocenters. The van der Waals surface area contributed by atoms with E-state index in [0.29, 0.717) is 24.2 Å². The fraction of sp³-hybridized carbons (Fsp3) is 0.522. The van der Waals surface area contributed by atoms with Crippen LogP contribution in [0.4, 0.5) is 0 Å². The lowest BCUT2D eigenvalue weighted by molar-refractivity contribution is -0.137. The summed E-state index contributed by atoms with van der Waals surface area (Å²) in [4.78, 5) is 10.6. The van der Waals surface area contributed by atoms with E-state index in [1.807, 2.05) is 31.2 Å². The SMILES string of the molecule is Cc1cccc(C=CS(=O)(=O)NC2CC3CCC2C(C=CCCCC(=O)O)C3)c1. The van der Waals surface area contributed by atoms with E-state index in [9.17, 15) is 13.2 Å². The summed E-state index contributed by atoms with van der Waals surface area (Å²) in [5, 5.41) is 10.0. The number of nitrogens with one attached hydrogen (secondary N) is 1. The number of sulfonamides is 1. The Morgan fingerprint density at radius 1 is 1.28 bits per heavy atom. The summed E-state index contributed by atoms with van der Waals surface area (Å²) < 4.78 is 28.2. The van der Waals surface area contributed by atoms with E-state index < -0.39 is 16.0 Å². The molecule has 0 spiro atoms. The van der Waals surface area contributed by atoms with Crippen molar-refractivity contribution >= 4 is 22.1 Å². The molecular weight excluding hydrogens is 386 g/mol. The zero-order valence-corrected chi connectivity index (χ0v) is 17.8. The first-order chi connectivity index (χ1) is 13.8. The van der Waals surface area contributed by atoms with Crippen molar-refractivity contribution in [2.45, 2.75) is 57.9 Å². The maximum atomic E-state index is 12.6. The number of unbranched alkanes of at least 4 members (excludes halogenated alkanes) is 1. The van der Waals surface area contributed by atoms with E-state index in [1.54, 1.807) is 6.08 Å². The summed E-state index contributed by atoms with van der Waals surface area (Å²) in [7, 11) is -3.50. The van der Waals surface area contributed by atoms with Crippen molar-refractivity contribution in [2.75, 3.05) is 0 Å². The number of carboxylic acid groups (broad SMARTS) is 1. The smallest absolute Gasteiger partial charge is 0.303 e. The third-order valence-electron chi connectivity index (χ3n) is 6.11. The van der Waals surface area contributed by atoms with E-state index in [4.69, 9.17) is 5.11 Å². The number of benzene rings is 1. The molecule has 3 aliphatic rings. The molecule has 0 radical (unpaired) electrons. The highest BCUT2D eigenvalue weighted by molar-refractivity contribution is 7.92. The minimum Gasteiger partial charge on any atom is -0.481 e. The largest absolute Gasteiger partial charge is 0.481 e. The van der Waals surface area contributed by atoms with Gasteiger partial charge in [0.05, 0.1) is 0 Å². The number of rotatable bonds is 9. The molecule has 0 aliphatic heterocycles. The summed E-state index contributed by atoms with van der Waals surface area (Å²) in [5.41, 5.74) is 1.97. The van der Waals surface area contributed by atoms with Crippen LogP contribution in [0, 0.1) is 24.7 Å². The number of aryl methyl sites for hydroxylation is 1. The van der Waals surface area contributed by atoms with Gasteiger partial charge in [0.2, 0.25) is 10.0 Å². The topological polar surface area (TPSA) is 83.5 Å². The predicted molar refractivity (Wildman–Crippen MR) is 116 cm³/mol. The second-order valence-corrected chi connectivity index (χ2v) is 10.0. The summed E-state index contributed by atoms with van der Waals surface area (Å²) in [6.07, 6.45) is 11.8. The van der Waals surface area contributed by atoms with Crippen LogP contribution in [0.1, 0.15) is 56.1 Å². The van der Waals surface area contributed by atoms with E-state index >= 15 is 0 Å². The van der Waals surface area contributed by atoms with E-state index in [0.717, 1.165) is 36.8 Å². The van der Waals surface area contributed by atoms with Crippen molar-refractivity contribution < 1.29 is 18.3 Å². The maximum Gasteiger partial charge on any atom is 0.303 e. The van der Waals surface area contributed by atoms with E-state index in [2.05, 4.69) is 16.9 Å². The minimum atomic E-state index is -3.50. The van der Waals surface area contributed by atoms with Gasteiger partial charge >= 0.3 is 5.97 Å². The van der Waals surface area contributed by atoms with Gasteiger partial charge in [0, 0.05) is 17.9 Å². The summed E-state index contributed by atoms with van der Waals surface area (Å²) in [6, 6.07) is 7.73. The number of carboxylic acids is 1. The Kier molecular flexibility index (Phi) is 7.30. The number of aliphatic carboxylic acids is 1. The molecule has 4 rings (SSSR count). The molecule has 3 saturated carbocycles. The van der Waals surface area contributed by atoms with Gasteiger partial charge in [0.15, 0.2) is 0 Å². The fourth-order valence-corrected chi connectivity index (χ4v) is 5.87. The van der Waals surface area contributed by atoms with Crippen molar-refractivity contribution in [1.82, 2.24) is 4.72 Å². The third kappa shape index (κ3) is 6.54. The number of fused-ring (bicyclic) bond motifs is 3. The van der Waals surface area contributed by atoms with Crippen molar-refractivity contribution in [3.8, 4) is 0 Å². The first-order valence-electron chi connectivity index (χ1n) is 10.5. The third-order valence-corrected chi connectivity index (χ3v) is 7.24. The van der Waals surface area contributed by atoms with Gasteiger partial charge in [-0.15, -0.1) is 0 Å². The fourth-order valence-electron chi connectivity index (χ4n) is 4.76. The molecule has 0 heterocycles. The summed E-state index contributed by atoms with van der Waals surface area (Å²) >= 11 is 0. The van der Waals surface area contributed by atoms with E-state index in [-0.39, 0.29) is 12.5 Å². The molecule has 158 valence electrons. The Morgan fingerprint density at radius 2 is 2.10 bits per heavy atom. The number of hydrogen-bond acceptors (Lipinski definition) is 3. The minimum absolute atomic E-state index is 0.0247. The molecule has 0 saturated heterocycles. The van der Waals surface area contributed by atoms with Gasteiger partial charge in [-0.2, -0.15) is 0 Å². The van der Waals surface area contributed by atoms with Crippen LogP contribution in [0.25, 0.3) is 6.08 Å². The van der Waals surface area contributed by atoms with Crippen LogP contribution in [0.15, 0.2) is 41.8 Å². The van der Waals surface area contributed by atoms with Gasteiger partial charge in [0.1, 0.15) is 0 Å². The molecule has 1 aromatic rings. The Morgan fingerprint density at radius 3 is 2.83 bits per heavy atom. The lowest BCUT2D eigenvalue weighted by Gasteiger charge is -2.46. The maximum absolute atomic E-state index is 12.6. The molecule has 29 heavy (non-hydrogen) atoms. The first kappa shape index (κ1) is 21.8. The lowest BCUT2D eigenvalue weighted by Crippen LogP contribution is -2.49. The monoisotopic (exact) mass is 417 g/mol. The highest BCUT2D eigenvalue weighted by Gasteiger charge is 2.42. The van der Waals surface area contributed by atoms with Gasteiger partial charge < -0.3 is 5.11 Å². The Bertz CT molecular complexity index is 875. The van der Waals surface area contributed by atoms with Crippen molar-refractivity contribution in [3.63, 3.8) is 0 Å². The van der Waals surface area contributed by atoms with E-state index in [1.165, 1.54) is 11.8 Å². The standard InChI is InChI=1S/C23H31NO4S/c1-17-6-5-7-18(14-17)12-13-29(27,28)24-22-16-19-10-11-21(22)20(15-19)8-3-2-4-9-23(25)26/h3,5-8,12-14,19-22,24H,2,4,9-11,15-16H2,1H3,(H,25,26). The van der Waals surface area contributed by atoms with Crippen LogP contribution < -0.4 is 4.72 Å².